The summed E-state index contributed by atoms with van der Waals surface area (Å²) in [6.45, 7) is 6.22. The van der Waals surface area contributed by atoms with Crippen molar-refractivity contribution in [3.05, 3.63) is 35.4 Å². The first kappa shape index (κ1) is 25.3. The van der Waals surface area contributed by atoms with Crippen molar-refractivity contribution in [1.29, 1.82) is 5.26 Å². The first-order valence-corrected chi connectivity index (χ1v) is 10.8. The highest BCUT2D eigenvalue weighted by atomic mass is 19.4. The lowest BCUT2D eigenvalue weighted by molar-refractivity contribution is -0.180. The van der Waals surface area contributed by atoms with Crippen LogP contribution in [0.15, 0.2) is 24.3 Å². The van der Waals surface area contributed by atoms with Gasteiger partial charge in [-0.15, -0.1) is 0 Å². The van der Waals surface area contributed by atoms with E-state index in [0.29, 0.717) is 5.56 Å². The minimum absolute atomic E-state index is 0.0315. The molecule has 8 nitrogen and oxygen atoms in total. The van der Waals surface area contributed by atoms with E-state index in [2.05, 4.69) is 0 Å². The van der Waals surface area contributed by atoms with Crippen molar-refractivity contribution in [2.24, 2.45) is 0 Å². The second-order valence-corrected chi connectivity index (χ2v) is 9.69. The first-order valence-electron chi connectivity index (χ1n) is 10.8. The van der Waals surface area contributed by atoms with Crippen LogP contribution in [0.25, 0.3) is 0 Å². The largest absolute Gasteiger partial charge is 0.444 e. The Hall–Kier alpha value is -3.29. The molecule has 2 heterocycles. The Kier molecular flexibility index (Phi) is 6.57. The summed E-state index contributed by atoms with van der Waals surface area (Å²) < 4.78 is 44.1. The highest BCUT2D eigenvalue weighted by Gasteiger charge is 2.61. The summed E-state index contributed by atoms with van der Waals surface area (Å²) in [5.74, 6) is -0.810. The molecule has 11 heteroatoms. The molecule has 1 aromatic carbocycles. The summed E-state index contributed by atoms with van der Waals surface area (Å²) >= 11 is 0. The summed E-state index contributed by atoms with van der Waals surface area (Å²) in [6.07, 6.45) is -5.09. The van der Waals surface area contributed by atoms with Crippen LogP contribution in [0.1, 0.15) is 45.2 Å². The van der Waals surface area contributed by atoms with Crippen LogP contribution in [0.3, 0.4) is 0 Å². The number of nitriles is 1. The lowest BCUT2D eigenvalue weighted by Gasteiger charge is -2.58. The van der Waals surface area contributed by atoms with E-state index in [-0.39, 0.29) is 32.6 Å². The Morgan fingerprint density at radius 2 is 1.76 bits per heavy atom. The quantitative estimate of drug-likeness (QED) is 0.660. The van der Waals surface area contributed by atoms with Crippen LogP contribution in [0.2, 0.25) is 0 Å². The Morgan fingerprint density at radius 3 is 2.26 bits per heavy atom. The maximum absolute atomic E-state index is 13.5. The van der Waals surface area contributed by atoms with Gasteiger partial charge in [0.25, 0.3) is 5.91 Å². The van der Waals surface area contributed by atoms with Crippen LogP contribution in [-0.4, -0.2) is 69.4 Å². The number of hydrogen-bond acceptors (Lipinski definition) is 5. The van der Waals surface area contributed by atoms with Crippen molar-refractivity contribution < 1.29 is 32.3 Å². The number of nitrogens with zero attached hydrogens (tertiary/aromatic N) is 4. The molecule has 0 saturated carbocycles. The molecular formula is C23H27F3N4O4. The van der Waals surface area contributed by atoms with Crippen molar-refractivity contribution in [2.45, 2.75) is 64.0 Å². The van der Waals surface area contributed by atoms with E-state index in [1.165, 1.54) is 26.8 Å². The molecule has 3 amide bonds. The number of halogens is 3. The average Bonchev–Trinajstić information content (AvgIpc) is 2.67. The Labute approximate surface area is 195 Å². The third-order valence-corrected chi connectivity index (χ3v) is 5.88. The van der Waals surface area contributed by atoms with Gasteiger partial charge in [0.1, 0.15) is 12.1 Å². The molecule has 0 aromatic heterocycles. The zero-order valence-electron chi connectivity index (χ0n) is 19.5. The molecule has 3 rings (SSSR count). The number of amides is 3. The van der Waals surface area contributed by atoms with Gasteiger partial charge in [0.15, 0.2) is 5.54 Å². The number of ether oxygens (including phenoxy) is 1. The number of likely N-dealkylation sites (tertiary alicyclic amines) is 1. The maximum Gasteiger partial charge on any atom is 0.416 e. The molecule has 34 heavy (non-hydrogen) atoms. The average molecular weight is 480 g/mol. The predicted molar refractivity (Wildman–Crippen MR) is 114 cm³/mol. The highest BCUT2D eigenvalue weighted by molar-refractivity contribution is 6.00. The number of alkyl halides is 3. The normalized spacial score (nSPS) is 19.1. The van der Waals surface area contributed by atoms with Crippen molar-refractivity contribution in [3.8, 4) is 6.07 Å². The Bertz CT molecular complexity index is 1010. The van der Waals surface area contributed by atoms with Gasteiger partial charge in [0.2, 0.25) is 5.91 Å². The summed E-state index contributed by atoms with van der Waals surface area (Å²) in [5.41, 5.74) is -2.52. The van der Waals surface area contributed by atoms with Crippen LogP contribution in [0, 0.1) is 11.3 Å². The molecule has 1 spiro atoms. The maximum atomic E-state index is 13.5. The molecule has 0 N–H and O–H groups in total. The van der Waals surface area contributed by atoms with Gasteiger partial charge in [-0.1, -0.05) is 12.1 Å². The lowest BCUT2D eigenvalue weighted by Crippen LogP contribution is -2.81. The number of rotatable bonds is 4. The molecular weight excluding hydrogens is 453 g/mol. The second-order valence-electron chi connectivity index (χ2n) is 9.69. The Balaban J connectivity index is 1.88. The molecule has 1 unspecified atom stereocenters. The van der Waals surface area contributed by atoms with E-state index in [1.54, 1.807) is 27.7 Å². The van der Waals surface area contributed by atoms with Crippen molar-refractivity contribution in [1.82, 2.24) is 14.7 Å². The van der Waals surface area contributed by atoms with Gasteiger partial charge in [-0.3, -0.25) is 9.59 Å². The molecule has 1 atom stereocenters. The molecule has 2 saturated heterocycles. The van der Waals surface area contributed by atoms with Gasteiger partial charge in [0, 0.05) is 12.6 Å². The number of hydrogen-bond donors (Lipinski definition) is 0. The van der Waals surface area contributed by atoms with Crippen LogP contribution in [-0.2, 0) is 27.0 Å². The minimum Gasteiger partial charge on any atom is -0.444 e. The van der Waals surface area contributed by atoms with E-state index < -0.39 is 46.8 Å². The van der Waals surface area contributed by atoms with Crippen molar-refractivity contribution in [2.75, 3.05) is 19.6 Å². The van der Waals surface area contributed by atoms with Crippen LogP contribution in [0.4, 0.5) is 18.0 Å². The predicted octanol–water partition coefficient (Wildman–Crippen LogP) is 3.17. The van der Waals surface area contributed by atoms with Crippen molar-refractivity contribution in [3.63, 3.8) is 0 Å². The van der Waals surface area contributed by atoms with Crippen LogP contribution in [0.5, 0.6) is 0 Å². The Morgan fingerprint density at radius 1 is 1.18 bits per heavy atom. The lowest BCUT2D eigenvalue weighted by atomic mass is 9.83. The standard InChI is InChI=1S/C23H27F3N4O4/c1-15(9-10-27)29-12-18(31)30(11-16-5-7-17(8-6-16)23(24,25)26)22(19(29)32)13-28(14-22)20(33)34-21(2,3)4/h5-8,15H,9,11-14H2,1-4H3. The van der Waals surface area contributed by atoms with Gasteiger partial charge < -0.3 is 19.4 Å². The first-order chi connectivity index (χ1) is 15.7. The molecule has 2 fully saturated rings. The molecule has 0 bridgehead atoms. The van der Waals surface area contributed by atoms with Crippen LogP contribution < -0.4 is 0 Å². The summed E-state index contributed by atoms with van der Waals surface area (Å²) in [4.78, 5) is 43.1. The fraction of sp³-hybridized carbons (Fsp3) is 0.565. The molecule has 2 aliphatic heterocycles. The molecule has 2 aliphatic rings. The SMILES string of the molecule is CC(CC#N)N1CC(=O)N(Cc2ccc(C(F)(F)F)cc2)C2(CN(C(=O)OC(C)(C)C)C2)C1=O. The summed E-state index contributed by atoms with van der Waals surface area (Å²) in [7, 11) is 0. The van der Waals surface area contributed by atoms with E-state index in [0.717, 1.165) is 12.1 Å². The van der Waals surface area contributed by atoms with E-state index >= 15 is 0 Å². The fourth-order valence-electron chi connectivity index (χ4n) is 4.09. The molecule has 0 radical (unpaired) electrons. The number of benzene rings is 1. The number of carbonyl (C=O) groups excluding carboxylic acids is 3. The topological polar surface area (TPSA) is 94.0 Å². The van der Waals surface area contributed by atoms with Gasteiger partial charge in [-0.2, -0.15) is 18.4 Å². The highest BCUT2D eigenvalue weighted by Crippen LogP contribution is 2.37. The monoisotopic (exact) mass is 480 g/mol. The third-order valence-electron chi connectivity index (χ3n) is 5.88. The van der Waals surface area contributed by atoms with Gasteiger partial charge in [-0.05, 0) is 45.4 Å². The molecule has 184 valence electrons. The smallest absolute Gasteiger partial charge is 0.416 e. The van der Waals surface area contributed by atoms with E-state index in [1.807, 2.05) is 6.07 Å². The van der Waals surface area contributed by atoms with Gasteiger partial charge in [0.05, 0.1) is 31.1 Å². The zero-order chi connectivity index (χ0) is 25.5. The summed E-state index contributed by atoms with van der Waals surface area (Å²) in [5, 5.41) is 9.04. The van der Waals surface area contributed by atoms with E-state index in [9.17, 15) is 27.6 Å². The van der Waals surface area contributed by atoms with Gasteiger partial charge in [-0.25, -0.2) is 4.79 Å². The van der Waals surface area contributed by atoms with Crippen LogP contribution >= 0.6 is 0 Å². The second kappa shape index (κ2) is 8.81. The minimum atomic E-state index is -4.49. The van der Waals surface area contributed by atoms with E-state index in [4.69, 9.17) is 10.00 Å². The van der Waals surface area contributed by atoms with Gasteiger partial charge >= 0.3 is 12.3 Å². The number of carbonyl (C=O) groups is 3. The third kappa shape index (κ3) is 4.95. The van der Waals surface area contributed by atoms with Crippen molar-refractivity contribution >= 4 is 17.9 Å². The number of piperazine rings is 1. The summed E-state index contributed by atoms with van der Waals surface area (Å²) in [6, 6.07) is 5.86. The molecule has 1 aromatic rings. The zero-order valence-corrected chi connectivity index (χ0v) is 19.5. The fourth-order valence-corrected chi connectivity index (χ4v) is 4.09. The molecule has 0 aliphatic carbocycles.